The van der Waals surface area contributed by atoms with E-state index in [1.165, 1.54) is 17.6 Å². The molecule has 0 fully saturated rings. The van der Waals surface area contributed by atoms with Crippen LogP contribution in [0.4, 0.5) is 0 Å². The Hall–Kier alpha value is -2.47. The number of hydrogen-bond donors (Lipinski definition) is 0. The van der Waals surface area contributed by atoms with E-state index >= 15 is 0 Å². The second-order valence-electron chi connectivity index (χ2n) is 5.90. The number of rotatable bonds is 3. The molecule has 3 aromatic rings. The molecule has 1 aromatic carbocycles. The maximum atomic E-state index is 12.8. The second-order valence-corrected chi connectivity index (χ2v) is 6.99. The molecule has 0 N–H and O–H groups in total. The fraction of sp³-hybridized carbons (Fsp3) is 0.278. The molecule has 2 aromatic heterocycles. The highest BCUT2D eigenvalue weighted by atomic mass is 32.1. The first-order valence-electron chi connectivity index (χ1n) is 7.84. The minimum absolute atomic E-state index is 0.0245. The average Bonchev–Trinajstić information content (AvgIpc) is 3.18. The molecule has 0 radical (unpaired) electrons. The van der Waals surface area contributed by atoms with Crippen molar-refractivity contribution in [1.29, 1.82) is 0 Å². The number of carbonyl (C=O) groups is 1. The highest BCUT2D eigenvalue weighted by molar-refractivity contribution is 7.18. The van der Waals surface area contributed by atoms with Crippen LogP contribution in [0.1, 0.15) is 32.8 Å². The van der Waals surface area contributed by atoms with Crippen molar-refractivity contribution in [3.63, 3.8) is 0 Å². The van der Waals surface area contributed by atoms with Gasteiger partial charge < -0.3 is 4.74 Å². The number of aromatic nitrogens is 2. The van der Waals surface area contributed by atoms with E-state index < -0.39 is 0 Å². The zero-order valence-corrected chi connectivity index (χ0v) is 14.1. The van der Waals surface area contributed by atoms with Crippen molar-refractivity contribution in [2.75, 3.05) is 7.11 Å². The summed E-state index contributed by atoms with van der Waals surface area (Å²) in [5.74, 6) is -0.365. The van der Waals surface area contributed by atoms with E-state index in [0.29, 0.717) is 12.1 Å². The largest absolute Gasteiger partial charge is 0.465 e. The molecule has 2 heterocycles. The van der Waals surface area contributed by atoms with Crippen LogP contribution in [0.25, 0.3) is 10.2 Å². The van der Waals surface area contributed by atoms with E-state index in [1.54, 1.807) is 34.4 Å². The lowest BCUT2D eigenvalue weighted by Gasteiger charge is -2.07. The van der Waals surface area contributed by atoms with Crippen LogP contribution in [-0.2, 0) is 24.1 Å². The molecule has 24 heavy (non-hydrogen) atoms. The quantitative estimate of drug-likeness (QED) is 0.688. The Balaban J connectivity index is 1.69. The van der Waals surface area contributed by atoms with Gasteiger partial charge in [-0.15, -0.1) is 11.3 Å². The summed E-state index contributed by atoms with van der Waals surface area (Å²) in [6.45, 7) is 0.438. The van der Waals surface area contributed by atoms with Crippen molar-refractivity contribution in [2.24, 2.45) is 0 Å². The highest BCUT2D eigenvalue weighted by Crippen LogP contribution is 2.34. The molecule has 0 unspecified atom stereocenters. The van der Waals surface area contributed by atoms with Crippen molar-refractivity contribution in [3.8, 4) is 0 Å². The van der Waals surface area contributed by atoms with Gasteiger partial charge in [0.05, 0.1) is 30.9 Å². The number of benzene rings is 1. The number of esters is 1. The molecule has 122 valence electrons. The summed E-state index contributed by atoms with van der Waals surface area (Å²) in [4.78, 5) is 30.9. The molecule has 5 nitrogen and oxygen atoms in total. The molecular weight excluding hydrogens is 324 g/mol. The van der Waals surface area contributed by atoms with Gasteiger partial charge in [0.25, 0.3) is 5.56 Å². The minimum atomic E-state index is -0.365. The van der Waals surface area contributed by atoms with Crippen LogP contribution in [0, 0.1) is 0 Å². The van der Waals surface area contributed by atoms with Crippen LogP contribution in [0.2, 0.25) is 0 Å². The first-order chi connectivity index (χ1) is 11.7. The van der Waals surface area contributed by atoms with E-state index in [2.05, 4.69) is 4.98 Å². The summed E-state index contributed by atoms with van der Waals surface area (Å²) < 4.78 is 6.33. The monoisotopic (exact) mass is 340 g/mol. The smallest absolute Gasteiger partial charge is 0.337 e. The molecule has 4 rings (SSSR count). The van der Waals surface area contributed by atoms with E-state index in [-0.39, 0.29) is 11.5 Å². The molecule has 0 atom stereocenters. The van der Waals surface area contributed by atoms with Crippen LogP contribution < -0.4 is 5.56 Å². The lowest BCUT2D eigenvalue weighted by atomic mass is 10.1. The molecular formula is C18H16N2O3S. The topological polar surface area (TPSA) is 61.2 Å². The third kappa shape index (κ3) is 2.43. The summed E-state index contributed by atoms with van der Waals surface area (Å²) in [6.07, 6.45) is 4.78. The van der Waals surface area contributed by atoms with Crippen LogP contribution >= 0.6 is 11.3 Å². The van der Waals surface area contributed by atoms with E-state index in [4.69, 9.17) is 4.74 Å². The Morgan fingerprint density at radius 2 is 2.08 bits per heavy atom. The van der Waals surface area contributed by atoms with Gasteiger partial charge in [0, 0.05) is 4.88 Å². The summed E-state index contributed by atoms with van der Waals surface area (Å²) in [6, 6.07) is 7.09. The zero-order chi connectivity index (χ0) is 16.7. The van der Waals surface area contributed by atoms with Crippen molar-refractivity contribution in [1.82, 2.24) is 9.55 Å². The predicted octanol–water partition coefficient (Wildman–Crippen LogP) is 2.78. The maximum Gasteiger partial charge on any atom is 0.337 e. The fourth-order valence-corrected chi connectivity index (χ4v) is 4.41. The van der Waals surface area contributed by atoms with Gasteiger partial charge in [-0.2, -0.15) is 0 Å². The number of ether oxygens (including phenoxy) is 1. The lowest BCUT2D eigenvalue weighted by Crippen LogP contribution is -2.21. The summed E-state index contributed by atoms with van der Waals surface area (Å²) >= 11 is 1.65. The van der Waals surface area contributed by atoms with Crippen LogP contribution in [-0.4, -0.2) is 22.6 Å². The molecule has 6 heteroatoms. The SMILES string of the molecule is COC(=O)c1ccc(Cn2cnc3sc4c(c3c2=O)CCC4)cc1. The van der Waals surface area contributed by atoms with E-state index in [9.17, 15) is 9.59 Å². The average molecular weight is 340 g/mol. The number of nitrogens with zero attached hydrogens (tertiary/aromatic N) is 2. The van der Waals surface area contributed by atoms with Gasteiger partial charge in [-0.05, 0) is 42.5 Å². The molecule has 0 bridgehead atoms. The first kappa shape index (κ1) is 15.1. The molecule has 1 aliphatic rings. The predicted molar refractivity (Wildman–Crippen MR) is 92.8 cm³/mol. The van der Waals surface area contributed by atoms with Crippen molar-refractivity contribution < 1.29 is 9.53 Å². The highest BCUT2D eigenvalue weighted by Gasteiger charge is 2.21. The maximum absolute atomic E-state index is 12.8. The molecule has 0 saturated carbocycles. The van der Waals surface area contributed by atoms with E-state index in [0.717, 1.165) is 35.0 Å². The summed E-state index contributed by atoms with van der Waals surface area (Å²) in [5.41, 5.74) is 2.66. The fourth-order valence-electron chi connectivity index (χ4n) is 3.19. The van der Waals surface area contributed by atoms with E-state index in [1.807, 2.05) is 12.1 Å². The molecule has 1 aliphatic carbocycles. The van der Waals surface area contributed by atoms with Crippen molar-refractivity contribution >= 4 is 27.5 Å². The molecule has 0 amide bonds. The summed E-state index contributed by atoms with van der Waals surface area (Å²) in [5, 5.41) is 0.793. The minimum Gasteiger partial charge on any atom is -0.465 e. The number of thiophene rings is 1. The molecule has 0 spiro atoms. The van der Waals surface area contributed by atoms with Crippen LogP contribution in [0.5, 0.6) is 0 Å². The van der Waals surface area contributed by atoms with Crippen LogP contribution in [0.15, 0.2) is 35.4 Å². The number of fused-ring (bicyclic) bond motifs is 3. The van der Waals surface area contributed by atoms with Gasteiger partial charge in [-0.3, -0.25) is 9.36 Å². The third-order valence-electron chi connectivity index (χ3n) is 4.42. The van der Waals surface area contributed by atoms with Gasteiger partial charge >= 0.3 is 5.97 Å². The number of aryl methyl sites for hydroxylation is 2. The zero-order valence-electron chi connectivity index (χ0n) is 13.2. The Labute approximate surface area is 142 Å². The molecule has 0 aliphatic heterocycles. The van der Waals surface area contributed by atoms with Crippen molar-refractivity contribution in [3.05, 3.63) is 62.5 Å². The third-order valence-corrected chi connectivity index (χ3v) is 5.62. The van der Waals surface area contributed by atoms with Crippen molar-refractivity contribution in [2.45, 2.75) is 25.8 Å². The normalized spacial score (nSPS) is 13.2. The van der Waals surface area contributed by atoms with Gasteiger partial charge in [0.2, 0.25) is 0 Å². The Morgan fingerprint density at radius 3 is 2.83 bits per heavy atom. The second kappa shape index (κ2) is 5.87. The Bertz CT molecular complexity index is 986. The first-order valence-corrected chi connectivity index (χ1v) is 8.66. The van der Waals surface area contributed by atoms with Gasteiger partial charge in [0.1, 0.15) is 4.83 Å². The molecule has 0 saturated heterocycles. The van der Waals surface area contributed by atoms with Crippen LogP contribution in [0.3, 0.4) is 0 Å². The lowest BCUT2D eigenvalue weighted by molar-refractivity contribution is 0.0600. The number of methoxy groups -OCH3 is 1. The Kier molecular flexibility index (Phi) is 3.69. The summed E-state index contributed by atoms with van der Waals surface area (Å²) in [7, 11) is 1.36. The Morgan fingerprint density at radius 1 is 1.29 bits per heavy atom. The van der Waals surface area contributed by atoms with Gasteiger partial charge in [0.15, 0.2) is 0 Å². The number of hydrogen-bond acceptors (Lipinski definition) is 5. The van der Waals surface area contributed by atoms with Gasteiger partial charge in [-0.1, -0.05) is 12.1 Å². The standard InChI is InChI=1S/C18H16N2O3S/c1-23-18(22)12-7-5-11(6-8-12)9-20-10-19-16-15(17(20)21)13-3-2-4-14(13)24-16/h5-8,10H,2-4,9H2,1H3. The van der Waals surface area contributed by atoms with Gasteiger partial charge in [-0.25, -0.2) is 9.78 Å². The number of carbonyl (C=O) groups excluding carboxylic acids is 1.